The highest BCUT2D eigenvalue weighted by atomic mass is 32.2. The van der Waals surface area contributed by atoms with Crippen LogP contribution in [-0.2, 0) is 21.2 Å². The average Bonchev–Trinajstić information content (AvgIpc) is 2.71. The van der Waals surface area contributed by atoms with Crippen LogP contribution in [0, 0.1) is 17.0 Å². The summed E-state index contributed by atoms with van der Waals surface area (Å²) >= 11 is 0. The molecule has 1 aliphatic carbocycles. The minimum Gasteiger partial charge on any atom is -0.347 e. The summed E-state index contributed by atoms with van der Waals surface area (Å²) in [7, 11) is -3.89. The molecule has 0 radical (unpaired) electrons. The monoisotopic (exact) mass is 445 g/mol. The van der Waals surface area contributed by atoms with Crippen molar-refractivity contribution < 1.29 is 18.1 Å². The number of sulfonamides is 1. The summed E-state index contributed by atoms with van der Waals surface area (Å²) in [5.74, 6) is -0.416. The molecule has 3 rings (SSSR count). The molecule has 31 heavy (non-hydrogen) atoms. The summed E-state index contributed by atoms with van der Waals surface area (Å²) < 4.78 is 26.5. The largest absolute Gasteiger partial charge is 0.347 e. The van der Waals surface area contributed by atoms with Crippen LogP contribution in [0.3, 0.4) is 0 Å². The Labute approximate surface area is 182 Å². The fourth-order valence-electron chi connectivity index (χ4n) is 4.16. The van der Waals surface area contributed by atoms with E-state index in [2.05, 4.69) is 5.32 Å². The third kappa shape index (κ3) is 4.87. The molecule has 2 aromatic carbocycles. The van der Waals surface area contributed by atoms with E-state index in [-0.39, 0.29) is 23.8 Å². The molecule has 166 valence electrons. The maximum Gasteiger partial charge on any atom is 0.271 e. The second-order valence-electron chi connectivity index (χ2n) is 7.86. The number of nitrogens with one attached hydrogen (secondary N) is 1. The van der Waals surface area contributed by atoms with Crippen molar-refractivity contribution in [1.82, 2.24) is 5.32 Å². The van der Waals surface area contributed by atoms with Crippen LogP contribution in [0.15, 0.2) is 42.5 Å². The molecular formula is C22H27N3O5S. The van der Waals surface area contributed by atoms with Gasteiger partial charge in [0.2, 0.25) is 15.9 Å². The number of benzene rings is 2. The van der Waals surface area contributed by atoms with Crippen molar-refractivity contribution in [2.24, 2.45) is 0 Å². The number of nitrogens with zero attached hydrogens (tertiary/aromatic N) is 2. The van der Waals surface area contributed by atoms with Gasteiger partial charge in [-0.3, -0.25) is 19.2 Å². The lowest BCUT2D eigenvalue weighted by atomic mass is 9.87. The van der Waals surface area contributed by atoms with Crippen LogP contribution in [0.25, 0.3) is 0 Å². The van der Waals surface area contributed by atoms with Crippen molar-refractivity contribution in [3.8, 4) is 0 Å². The maximum absolute atomic E-state index is 13.3. The SMILES string of the molecule is CC[C@H](C(=O)N[C@H]1CCCc2ccccc21)N(c1cc([N+](=O)[O-])ccc1C)S(C)(=O)=O. The topological polar surface area (TPSA) is 110 Å². The molecule has 0 unspecified atom stereocenters. The van der Waals surface area contributed by atoms with Gasteiger partial charge in [-0.05, 0) is 49.3 Å². The molecule has 2 atom stereocenters. The Balaban J connectivity index is 1.97. The van der Waals surface area contributed by atoms with E-state index in [1.807, 2.05) is 24.3 Å². The molecule has 0 aromatic heterocycles. The van der Waals surface area contributed by atoms with Crippen molar-refractivity contribution >= 4 is 27.3 Å². The van der Waals surface area contributed by atoms with Gasteiger partial charge in [0.25, 0.3) is 5.69 Å². The van der Waals surface area contributed by atoms with Gasteiger partial charge in [0.1, 0.15) is 6.04 Å². The zero-order valence-corrected chi connectivity index (χ0v) is 18.7. The highest BCUT2D eigenvalue weighted by Gasteiger charge is 2.35. The Kier molecular flexibility index (Phi) is 6.64. The van der Waals surface area contributed by atoms with Crippen molar-refractivity contribution in [3.05, 3.63) is 69.3 Å². The first-order valence-electron chi connectivity index (χ1n) is 10.3. The normalized spacial score (nSPS) is 16.8. The first-order chi connectivity index (χ1) is 14.6. The van der Waals surface area contributed by atoms with Crippen LogP contribution in [0.5, 0.6) is 0 Å². The lowest BCUT2D eigenvalue weighted by molar-refractivity contribution is -0.384. The average molecular weight is 446 g/mol. The van der Waals surface area contributed by atoms with E-state index >= 15 is 0 Å². The van der Waals surface area contributed by atoms with E-state index in [1.54, 1.807) is 13.8 Å². The molecular weight excluding hydrogens is 418 g/mol. The van der Waals surface area contributed by atoms with Gasteiger partial charge in [0, 0.05) is 12.1 Å². The van der Waals surface area contributed by atoms with Crippen LogP contribution in [0.4, 0.5) is 11.4 Å². The van der Waals surface area contributed by atoms with E-state index in [4.69, 9.17) is 0 Å². The molecule has 0 heterocycles. The molecule has 1 aliphatic rings. The number of hydrogen-bond acceptors (Lipinski definition) is 5. The highest BCUT2D eigenvalue weighted by Crippen LogP contribution is 2.32. The predicted molar refractivity (Wildman–Crippen MR) is 119 cm³/mol. The molecule has 9 heteroatoms. The summed E-state index contributed by atoms with van der Waals surface area (Å²) in [6.45, 7) is 3.39. The Morgan fingerprint density at radius 1 is 1.29 bits per heavy atom. The van der Waals surface area contributed by atoms with Gasteiger partial charge >= 0.3 is 0 Å². The van der Waals surface area contributed by atoms with Gasteiger partial charge < -0.3 is 5.32 Å². The van der Waals surface area contributed by atoms with Crippen molar-refractivity contribution in [2.75, 3.05) is 10.6 Å². The molecule has 0 saturated heterocycles. The minimum absolute atomic E-state index is 0.141. The number of anilines is 1. The zero-order valence-electron chi connectivity index (χ0n) is 17.9. The van der Waals surface area contributed by atoms with Crippen molar-refractivity contribution in [1.29, 1.82) is 0 Å². The second-order valence-corrected chi connectivity index (χ2v) is 9.72. The van der Waals surface area contributed by atoms with E-state index < -0.39 is 26.9 Å². The number of nitro groups is 1. The quantitative estimate of drug-likeness (QED) is 0.517. The van der Waals surface area contributed by atoms with Gasteiger partial charge in [-0.25, -0.2) is 8.42 Å². The maximum atomic E-state index is 13.3. The molecule has 0 aliphatic heterocycles. The van der Waals surface area contributed by atoms with Crippen molar-refractivity contribution in [3.63, 3.8) is 0 Å². The molecule has 0 spiro atoms. The third-order valence-electron chi connectivity index (χ3n) is 5.66. The number of carbonyl (C=O) groups is 1. The number of non-ortho nitro benzene ring substituents is 1. The number of carbonyl (C=O) groups excluding carboxylic acids is 1. The molecule has 0 bridgehead atoms. The lowest BCUT2D eigenvalue weighted by Gasteiger charge is -2.33. The van der Waals surface area contributed by atoms with E-state index in [0.717, 1.165) is 35.4 Å². The van der Waals surface area contributed by atoms with Gasteiger partial charge in [0.15, 0.2) is 0 Å². The number of fused-ring (bicyclic) bond motifs is 1. The number of aryl methyl sites for hydroxylation is 2. The third-order valence-corrected chi connectivity index (χ3v) is 6.82. The molecule has 0 fully saturated rings. The first-order valence-corrected chi connectivity index (χ1v) is 12.1. The fraction of sp³-hybridized carbons (Fsp3) is 0.409. The standard InChI is InChI=1S/C22H27N3O5S/c1-4-20(22(26)23-19-11-7-9-16-8-5-6-10-18(16)19)24(31(3,29)30)21-14-17(25(27)28)13-12-15(21)2/h5-6,8,10,12-14,19-20H,4,7,9,11H2,1-3H3,(H,23,26)/t19-,20+/m0/s1. The Hall–Kier alpha value is -2.94. The highest BCUT2D eigenvalue weighted by molar-refractivity contribution is 7.92. The van der Waals surface area contributed by atoms with E-state index in [0.29, 0.717) is 5.56 Å². The Morgan fingerprint density at radius 2 is 2.00 bits per heavy atom. The summed E-state index contributed by atoms with van der Waals surface area (Å²) in [5, 5.41) is 14.3. The second kappa shape index (κ2) is 9.05. The van der Waals surface area contributed by atoms with Gasteiger partial charge in [-0.15, -0.1) is 0 Å². The minimum atomic E-state index is -3.89. The van der Waals surface area contributed by atoms with Crippen LogP contribution in [0.1, 0.15) is 48.9 Å². The summed E-state index contributed by atoms with van der Waals surface area (Å²) in [4.78, 5) is 24.0. The fourth-order valence-corrected chi connectivity index (χ4v) is 5.42. The Morgan fingerprint density at radius 3 is 2.65 bits per heavy atom. The van der Waals surface area contributed by atoms with Gasteiger partial charge in [0.05, 0.1) is 22.9 Å². The predicted octanol–water partition coefficient (Wildman–Crippen LogP) is 3.64. The Bertz CT molecular complexity index is 1100. The van der Waals surface area contributed by atoms with Crippen LogP contribution >= 0.6 is 0 Å². The number of amides is 1. The van der Waals surface area contributed by atoms with E-state index in [9.17, 15) is 23.3 Å². The van der Waals surface area contributed by atoms with Crippen LogP contribution < -0.4 is 9.62 Å². The molecule has 0 saturated carbocycles. The number of nitro benzene ring substituents is 1. The lowest BCUT2D eigenvalue weighted by Crippen LogP contribution is -2.50. The van der Waals surface area contributed by atoms with Crippen molar-refractivity contribution in [2.45, 2.75) is 51.6 Å². The molecule has 2 aromatic rings. The van der Waals surface area contributed by atoms with Gasteiger partial charge in [-0.2, -0.15) is 0 Å². The summed E-state index contributed by atoms with van der Waals surface area (Å²) in [6, 6.07) is 10.7. The number of rotatable bonds is 7. The molecule has 1 N–H and O–H groups in total. The van der Waals surface area contributed by atoms with Crippen LogP contribution in [0.2, 0.25) is 0 Å². The van der Waals surface area contributed by atoms with Gasteiger partial charge in [-0.1, -0.05) is 37.3 Å². The molecule has 1 amide bonds. The molecule has 8 nitrogen and oxygen atoms in total. The summed E-state index contributed by atoms with van der Waals surface area (Å²) in [5.41, 5.74) is 2.68. The smallest absolute Gasteiger partial charge is 0.271 e. The van der Waals surface area contributed by atoms with E-state index in [1.165, 1.54) is 23.8 Å². The zero-order chi connectivity index (χ0) is 22.8. The summed E-state index contributed by atoms with van der Waals surface area (Å²) in [6.07, 6.45) is 3.88. The number of hydrogen-bond donors (Lipinski definition) is 1. The van der Waals surface area contributed by atoms with Crippen LogP contribution in [-0.4, -0.2) is 31.5 Å². The first kappa shape index (κ1) is 22.7.